The molecule has 0 aromatic rings. The summed E-state index contributed by atoms with van der Waals surface area (Å²) in [5.41, 5.74) is 0.256. The summed E-state index contributed by atoms with van der Waals surface area (Å²) in [7, 11) is 2.07. The average Bonchev–Trinajstić information content (AvgIpc) is 2.40. The maximum atomic E-state index is 5.40. The summed E-state index contributed by atoms with van der Waals surface area (Å²) in [6, 6.07) is 0.502. The molecule has 17 heavy (non-hydrogen) atoms. The Morgan fingerprint density at radius 2 is 2.00 bits per heavy atom. The molecule has 1 heterocycles. The lowest BCUT2D eigenvalue weighted by atomic mass is 9.83. The van der Waals surface area contributed by atoms with Gasteiger partial charge in [-0.05, 0) is 52.7 Å². The quantitative estimate of drug-likeness (QED) is 0.713. The lowest BCUT2D eigenvalue weighted by Gasteiger charge is -2.48. The smallest absolute Gasteiger partial charge is 0.0331 e. The molecule has 1 fully saturated rings. The third kappa shape index (κ3) is 3.47. The predicted molar refractivity (Wildman–Crippen MR) is 75.0 cm³/mol. The molecule has 0 aromatic heterocycles. The van der Waals surface area contributed by atoms with Crippen LogP contribution in [0.1, 0.15) is 52.4 Å². The standard InChI is InChI=1S/C15H28N2/c1-5-7-11-14(16-4)15(3,6-2)17-12-9-8-10-13-17/h1,14,16H,6-13H2,2-4H3. The second-order valence-corrected chi connectivity index (χ2v) is 5.34. The van der Waals surface area contributed by atoms with E-state index in [1.54, 1.807) is 0 Å². The molecule has 2 atom stereocenters. The van der Waals surface area contributed by atoms with E-state index >= 15 is 0 Å². The monoisotopic (exact) mass is 236 g/mol. The van der Waals surface area contributed by atoms with Crippen molar-refractivity contribution >= 4 is 0 Å². The number of nitrogens with one attached hydrogen (secondary N) is 1. The van der Waals surface area contributed by atoms with Gasteiger partial charge in [-0.3, -0.25) is 4.90 Å². The average molecular weight is 236 g/mol. The Balaban J connectivity index is 2.72. The fourth-order valence-corrected chi connectivity index (χ4v) is 3.09. The van der Waals surface area contributed by atoms with Gasteiger partial charge in [0.15, 0.2) is 0 Å². The molecule has 0 aromatic carbocycles. The highest BCUT2D eigenvalue weighted by Crippen LogP contribution is 2.29. The predicted octanol–water partition coefficient (Wildman–Crippen LogP) is 2.64. The van der Waals surface area contributed by atoms with E-state index in [-0.39, 0.29) is 5.54 Å². The van der Waals surface area contributed by atoms with Crippen LogP contribution in [0.5, 0.6) is 0 Å². The number of terminal acetylenes is 1. The van der Waals surface area contributed by atoms with E-state index in [0.717, 1.165) is 12.8 Å². The second-order valence-electron chi connectivity index (χ2n) is 5.34. The van der Waals surface area contributed by atoms with Crippen LogP contribution in [-0.2, 0) is 0 Å². The summed E-state index contributed by atoms with van der Waals surface area (Å²) in [6.45, 7) is 7.20. The molecule has 1 saturated heterocycles. The zero-order chi connectivity index (χ0) is 12.7. The molecule has 2 nitrogen and oxygen atoms in total. The molecular formula is C15H28N2. The maximum Gasteiger partial charge on any atom is 0.0331 e. The van der Waals surface area contributed by atoms with E-state index < -0.39 is 0 Å². The van der Waals surface area contributed by atoms with Crippen molar-refractivity contribution in [3.8, 4) is 12.3 Å². The number of nitrogens with zero attached hydrogens (tertiary/aromatic N) is 1. The molecular weight excluding hydrogens is 208 g/mol. The molecule has 0 aliphatic carbocycles. The Labute approximate surface area is 107 Å². The minimum absolute atomic E-state index is 0.256. The lowest BCUT2D eigenvalue weighted by molar-refractivity contribution is 0.0430. The van der Waals surface area contributed by atoms with Gasteiger partial charge in [-0.15, -0.1) is 12.3 Å². The highest BCUT2D eigenvalue weighted by Gasteiger charge is 2.37. The van der Waals surface area contributed by atoms with Gasteiger partial charge in [0.1, 0.15) is 0 Å². The molecule has 1 N–H and O–H groups in total. The third-order valence-electron chi connectivity index (χ3n) is 4.47. The van der Waals surface area contributed by atoms with Gasteiger partial charge in [0, 0.05) is 18.0 Å². The maximum absolute atomic E-state index is 5.40. The van der Waals surface area contributed by atoms with Crippen LogP contribution in [0.4, 0.5) is 0 Å². The van der Waals surface area contributed by atoms with Crippen molar-refractivity contribution in [1.82, 2.24) is 10.2 Å². The van der Waals surface area contributed by atoms with Crippen molar-refractivity contribution < 1.29 is 0 Å². The number of rotatable bonds is 6. The molecule has 98 valence electrons. The summed E-state index contributed by atoms with van der Waals surface area (Å²) in [4.78, 5) is 2.67. The highest BCUT2D eigenvalue weighted by atomic mass is 15.2. The number of hydrogen-bond donors (Lipinski definition) is 1. The highest BCUT2D eigenvalue weighted by molar-refractivity contribution is 4.98. The first-order valence-electron chi connectivity index (χ1n) is 7.04. The van der Waals surface area contributed by atoms with Crippen molar-refractivity contribution in [1.29, 1.82) is 0 Å². The molecule has 2 unspecified atom stereocenters. The van der Waals surface area contributed by atoms with E-state index in [2.05, 4.69) is 37.0 Å². The fourth-order valence-electron chi connectivity index (χ4n) is 3.09. The van der Waals surface area contributed by atoms with Gasteiger partial charge in [-0.2, -0.15) is 0 Å². The van der Waals surface area contributed by atoms with E-state index in [9.17, 15) is 0 Å². The van der Waals surface area contributed by atoms with Crippen molar-refractivity contribution in [2.24, 2.45) is 0 Å². The van der Waals surface area contributed by atoms with Gasteiger partial charge in [-0.25, -0.2) is 0 Å². The Bertz CT molecular complexity index is 250. The summed E-state index contributed by atoms with van der Waals surface area (Å²) in [5, 5.41) is 3.49. The first-order chi connectivity index (χ1) is 8.19. The Hall–Kier alpha value is -0.520. The Morgan fingerprint density at radius 3 is 2.47 bits per heavy atom. The fraction of sp³-hybridized carbons (Fsp3) is 0.867. The third-order valence-corrected chi connectivity index (χ3v) is 4.47. The topological polar surface area (TPSA) is 15.3 Å². The van der Waals surface area contributed by atoms with Crippen LogP contribution in [0, 0.1) is 12.3 Å². The minimum Gasteiger partial charge on any atom is -0.315 e. The summed E-state index contributed by atoms with van der Waals surface area (Å²) < 4.78 is 0. The summed E-state index contributed by atoms with van der Waals surface area (Å²) in [6.07, 6.45) is 12.6. The SMILES string of the molecule is C#CCCC(NC)C(C)(CC)N1CCCCC1. The Kier molecular flexibility index (Phi) is 6.02. The van der Waals surface area contributed by atoms with Crippen molar-refractivity contribution in [3.05, 3.63) is 0 Å². The number of likely N-dealkylation sites (tertiary alicyclic amines) is 1. The molecule has 1 rings (SSSR count). The van der Waals surface area contributed by atoms with Gasteiger partial charge >= 0.3 is 0 Å². The summed E-state index contributed by atoms with van der Waals surface area (Å²) >= 11 is 0. The van der Waals surface area contributed by atoms with E-state index in [1.807, 2.05) is 0 Å². The minimum atomic E-state index is 0.256. The van der Waals surface area contributed by atoms with Crippen LogP contribution in [0.15, 0.2) is 0 Å². The molecule has 0 bridgehead atoms. The normalized spacial score (nSPS) is 22.7. The molecule has 0 saturated carbocycles. The van der Waals surface area contributed by atoms with E-state index in [1.165, 1.54) is 38.8 Å². The molecule has 1 aliphatic heterocycles. The van der Waals surface area contributed by atoms with Crippen LogP contribution < -0.4 is 5.32 Å². The molecule has 0 amide bonds. The van der Waals surface area contributed by atoms with Gasteiger partial charge < -0.3 is 5.32 Å². The molecule has 1 aliphatic rings. The number of likely N-dealkylation sites (N-methyl/N-ethyl adjacent to an activating group) is 1. The van der Waals surface area contributed by atoms with E-state index in [4.69, 9.17) is 6.42 Å². The van der Waals surface area contributed by atoms with Crippen LogP contribution in [-0.4, -0.2) is 36.6 Å². The zero-order valence-electron chi connectivity index (χ0n) is 11.8. The first-order valence-corrected chi connectivity index (χ1v) is 7.04. The van der Waals surface area contributed by atoms with Gasteiger partial charge in [-0.1, -0.05) is 13.3 Å². The van der Waals surface area contributed by atoms with Crippen molar-refractivity contribution in [3.63, 3.8) is 0 Å². The van der Waals surface area contributed by atoms with Gasteiger partial charge in [0.2, 0.25) is 0 Å². The zero-order valence-corrected chi connectivity index (χ0v) is 11.8. The van der Waals surface area contributed by atoms with Crippen molar-refractivity contribution in [2.75, 3.05) is 20.1 Å². The Morgan fingerprint density at radius 1 is 1.35 bits per heavy atom. The van der Waals surface area contributed by atoms with Gasteiger partial charge in [0.25, 0.3) is 0 Å². The van der Waals surface area contributed by atoms with Gasteiger partial charge in [0.05, 0.1) is 0 Å². The van der Waals surface area contributed by atoms with Crippen LogP contribution in [0.25, 0.3) is 0 Å². The molecule has 0 spiro atoms. The second kappa shape index (κ2) is 7.03. The van der Waals surface area contributed by atoms with E-state index in [0.29, 0.717) is 6.04 Å². The van der Waals surface area contributed by atoms with Crippen LogP contribution in [0.2, 0.25) is 0 Å². The van der Waals surface area contributed by atoms with Crippen LogP contribution >= 0.6 is 0 Å². The largest absolute Gasteiger partial charge is 0.315 e. The number of hydrogen-bond acceptors (Lipinski definition) is 2. The van der Waals surface area contributed by atoms with Crippen LogP contribution in [0.3, 0.4) is 0 Å². The summed E-state index contributed by atoms with van der Waals surface area (Å²) in [5.74, 6) is 2.77. The molecule has 0 radical (unpaired) electrons. The molecule has 2 heteroatoms. The van der Waals surface area contributed by atoms with Crippen molar-refractivity contribution in [2.45, 2.75) is 64.0 Å². The lowest BCUT2D eigenvalue weighted by Crippen LogP contribution is -2.59. The first kappa shape index (κ1) is 14.5. The number of piperidine rings is 1.